The van der Waals surface area contributed by atoms with Gasteiger partial charge in [-0.1, -0.05) is 25.1 Å². The van der Waals surface area contributed by atoms with Crippen molar-refractivity contribution in [3.05, 3.63) is 30.3 Å². The summed E-state index contributed by atoms with van der Waals surface area (Å²) in [4.78, 5) is 7.16. The van der Waals surface area contributed by atoms with Crippen LogP contribution in [0.2, 0.25) is 0 Å². The van der Waals surface area contributed by atoms with Crippen LogP contribution in [0.15, 0.2) is 40.2 Å². The maximum Gasteiger partial charge on any atom is 0.243 e. The second-order valence-corrected chi connectivity index (χ2v) is 9.49. The molecular formula is C19H31IN4O2S. The molecule has 1 atom stereocenters. The average Bonchev–Trinajstić information content (AvgIpc) is 2.67. The molecule has 8 heteroatoms. The third-order valence-corrected chi connectivity index (χ3v) is 7.36. The zero-order valence-corrected chi connectivity index (χ0v) is 19.1. The fourth-order valence-electron chi connectivity index (χ4n) is 3.79. The third kappa shape index (κ3) is 5.80. The minimum atomic E-state index is -3.38. The smallest absolute Gasteiger partial charge is 0.243 e. The fraction of sp³-hybridized carbons (Fsp3) is 0.632. The third-order valence-electron chi connectivity index (χ3n) is 5.45. The number of halogens is 1. The Kier molecular flexibility index (Phi) is 8.36. The Hall–Kier alpha value is -0.870. The van der Waals surface area contributed by atoms with E-state index in [4.69, 9.17) is 5.73 Å². The van der Waals surface area contributed by atoms with Gasteiger partial charge in [0, 0.05) is 32.7 Å². The van der Waals surface area contributed by atoms with Gasteiger partial charge in [-0.2, -0.15) is 4.31 Å². The summed E-state index contributed by atoms with van der Waals surface area (Å²) >= 11 is 0. The molecule has 0 bridgehead atoms. The van der Waals surface area contributed by atoms with Gasteiger partial charge in [0.15, 0.2) is 5.96 Å². The number of hydrogen-bond acceptors (Lipinski definition) is 3. The van der Waals surface area contributed by atoms with E-state index in [2.05, 4.69) is 16.8 Å². The Morgan fingerprint density at radius 1 is 1.15 bits per heavy atom. The molecule has 2 aliphatic rings. The average molecular weight is 506 g/mol. The van der Waals surface area contributed by atoms with Gasteiger partial charge in [-0.25, -0.2) is 8.42 Å². The highest BCUT2D eigenvalue weighted by atomic mass is 127. The molecule has 2 saturated heterocycles. The number of rotatable bonds is 4. The molecule has 152 valence electrons. The molecule has 0 saturated carbocycles. The summed E-state index contributed by atoms with van der Waals surface area (Å²) in [6.07, 6.45) is 4.10. The highest BCUT2D eigenvalue weighted by Gasteiger charge is 2.29. The van der Waals surface area contributed by atoms with Crippen molar-refractivity contribution in [2.24, 2.45) is 22.6 Å². The van der Waals surface area contributed by atoms with Crippen molar-refractivity contribution < 1.29 is 8.42 Å². The minimum Gasteiger partial charge on any atom is -0.370 e. The van der Waals surface area contributed by atoms with E-state index in [1.165, 1.54) is 12.8 Å². The molecule has 0 radical (unpaired) electrons. The van der Waals surface area contributed by atoms with Crippen molar-refractivity contribution in [2.45, 2.75) is 37.5 Å². The van der Waals surface area contributed by atoms with Crippen molar-refractivity contribution in [1.29, 1.82) is 0 Å². The molecule has 2 fully saturated rings. The van der Waals surface area contributed by atoms with Gasteiger partial charge in [-0.15, -0.1) is 24.0 Å². The maximum absolute atomic E-state index is 12.7. The van der Waals surface area contributed by atoms with Crippen molar-refractivity contribution >= 4 is 40.0 Å². The van der Waals surface area contributed by atoms with E-state index in [-0.39, 0.29) is 24.0 Å². The molecule has 3 rings (SSSR count). The van der Waals surface area contributed by atoms with E-state index in [1.54, 1.807) is 28.6 Å². The Balaban J connectivity index is 0.00000261. The van der Waals surface area contributed by atoms with Crippen LogP contribution in [0.4, 0.5) is 0 Å². The first-order valence-corrected chi connectivity index (χ1v) is 11.0. The summed E-state index contributed by atoms with van der Waals surface area (Å²) in [7, 11) is -3.38. The van der Waals surface area contributed by atoms with Crippen molar-refractivity contribution in [2.75, 3.05) is 32.7 Å². The molecule has 0 aliphatic carbocycles. The number of nitrogens with two attached hydrogens (primary N) is 1. The standard InChI is InChI=1S/C19H30N4O2S.HI/c1-16-6-5-11-22(15-16)19(20)21-14-17-9-12-23(13-10-17)26(24,25)18-7-3-2-4-8-18;/h2-4,7-8,16-17H,5-6,9-15H2,1H3,(H2,20,21);1H. The second kappa shape index (κ2) is 10.1. The lowest BCUT2D eigenvalue weighted by Crippen LogP contribution is -2.44. The van der Waals surface area contributed by atoms with E-state index >= 15 is 0 Å². The molecule has 1 unspecified atom stereocenters. The SMILES string of the molecule is CC1CCCN(C(N)=NCC2CCN(S(=O)(=O)c3ccccc3)CC2)C1.I. The van der Waals surface area contributed by atoms with Crippen LogP contribution in [0.25, 0.3) is 0 Å². The van der Waals surface area contributed by atoms with Gasteiger partial charge < -0.3 is 10.6 Å². The summed E-state index contributed by atoms with van der Waals surface area (Å²) in [6, 6.07) is 8.67. The lowest BCUT2D eigenvalue weighted by atomic mass is 9.98. The molecule has 27 heavy (non-hydrogen) atoms. The molecule has 6 nitrogen and oxygen atoms in total. The van der Waals surface area contributed by atoms with E-state index < -0.39 is 10.0 Å². The molecule has 0 spiro atoms. The number of nitrogens with zero attached hydrogens (tertiary/aromatic N) is 3. The summed E-state index contributed by atoms with van der Waals surface area (Å²) < 4.78 is 26.9. The lowest BCUT2D eigenvalue weighted by molar-refractivity contribution is 0.264. The van der Waals surface area contributed by atoms with Gasteiger partial charge in [0.25, 0.3) is 0 Å². The van der Waals surface area contributed by atoms with Crippen molar-refractivity contribution in [3.8, 4) is 0 Å². The number of piperidine rings is 2. The topological polar surface area (TPSA) is 79.0 Å². The molecule has 2 aliphatic heterocycles. The zero-order valence-electron chi connectivity index (χ0n) is 16.0. The first kappa shape index (κ1) is 22.4. The highest BCUT2D eigenvalue weighted by molar-refractivity contribution is 14.0. The van der Waals surface area contributed by atoms with Gasteiger partial charge in [0.1, 0.15) is 0 Å². The van der Waals surface area contributed by atoms with Crippen LogP contribution in [0.1, 0.15) is 32.6 Å². The number of benzene rings is 1. The van der Waals surface area contributed by atoms with Gasteiger partial charge >= 0.3 is 0 Å². The van der Waals surface area contributed by atoms with Crippen LogP contribution in [-0.4, -0.2) is 56.3 Å². The lowest BCUT2D eigenvalue weighted by Gasteiger charge is -2.33. The summed E-state index contributed by atoms with van der Waals surface area (Å²) in [5.74, 6) is 1.72. The molecule has 0 amide bonds. The Morgan fingerprint density at radius 3 is 2.44 bits per heavy atom. The number of sulfonamides is 1. The van der Waals surface area contributed by atoms with Gasteiger partial charge in [0.05, 0.1) is 4.90 Å². The Labute approximate surface area is 180 Å². The predicted octanol–water partition coefficient (Wildman–Crippen LogP) is 2.75. The predicted molar refractivity (Wildman–Crippen MR) is 120 cm³/mol. The Morgan fingerprint density at radius 2 is 1.81 bits per heavy atom. The number of likely N-dealkylation sites (tertiary alicyclic amines) is 1. The van der Waals surface area contributed by atoms with E-state index in [0.717, 1.165) is 25.9 Å². The first-order valence-electron chi connectivity index (χ1n) is 9.57. The molecule has 2 N–H and O–H groups in total. The van der Waals surface area contributed by atoms with Crippen LogP contribution >= 0.6 is 24.0 Å². The summed E-state index contributed by atoms with van der Waals surface area (Å²) in [5, 5.41) is 0. The maximum atomic E-state index is 12.7. The van der Waals surface area contributed by atoms with E-state index in [0.29, 0.717) is 42.3 Å². The van der Waals surface area contributed by atoms with Crippen LogP contribution < -0.4 is 5.73 Å². The van der Waals surface area contributed by atoms with Gasteiger partial charge in [0.2, 0.25) is 10.0 Å². The molecule has 1 aromatic carbocycles. The second-order valence-electron chi connectivity index (χ2n) is 7.55. The van der Waals surface area contributed by atoms with Gasteiger partial charge in [-0.3, -0.25) is 4.99 Å². The monoisotopic (exact) mass is 506 g/mol. The summed E-state index contributed by atoms with van der Waals surface area (Å²) in [5.41, 5.74) is 6.17. The first-order chi connectivity index (χ1) is 12.5. The molecule has 0 aromatic heterocycles. The van der Waals surface area contributed by atoms with Crippen molar-refractivity contribution in [1.82, 2.24) is 9.21 Å². The van der Waals surface area contributed by atoms with Crippen LogP contribution in [-0.2, 0) is 10.0 Å². The van der Waals surface area contributed by atoms with Crippen molar-refractivity contribution in [3.63, 3.8) is 0 Å². The van der Waals surface area contributed by atoms with Crippen LogP contribution in [0, 0.1) is 11.8 Å². The zero-order chi connectivity index (χ0) is 18.6. The van der Waals surface area contributed by atoms with E-state index in [1.807, 2.05) is 6.07 Å². The molecular weight excluding hydrogens is 475 g/mol. The number of guanidine groups is 1. The molecule has 1 aromatic rings. The summed E-state index contributed by atoms with van der Waals surface area (Å²) in [6.45, 7) is 6.03. The highest BCUT2D eigenvalue weighted by Crippen LogP contribution is 2.24. The fourth-order valence-corrected chi connectivity index (χ4v) is 5.28. The minimum absolute atomic E-state index is 0. The Bertz CT molecular complexity index is 718. The largest absolute Gasteiger partial charge is 0.370 e. The number of hydrogen-bond donors (Lipinski definition) is 1. The van der Waals surface area contributed by atoms with Crippen LogP contribution in [0.5, 0.6) is 0 Å². The quantitative estimate of drug-likeness (QED) is 0.387. The number of aliphatic imine (C=N–C) groups is 1. The van der Waals surface area contributed by atoms with Gasteiger partial charge in [-0.05, 0) is 49.7 Å². The van der Waals surface area contributed by atoms with E-state index in [9.17, 15) is 8.42 Å². The normalized spacial score (nSPS) is 23.1. The van der Waals surface area contributed by atoms with Crippen LogP contribution in [0.3, 0.4) is 0 Å². The molecule has 2 heterocycles.